The zero-order valence-electron chi connectivity index (χ0n) is 13.1. The molecule has 0 fully saturated rings. The molecule has 0 aliphatic rings. The van der Waals surface area contributed by atoms with Crippen molar-refractivity contribution in [3.05, 3.63) is 0 Å². The van der Waals surface area contributed by atoms with Crippen molar-refractivity contribution >= 4 is 9.84 Å². The Morgan fingerprint density at radius 1 is 1.00 bits per heavy atom. The van der Waals surface area contributed by atoms with Gasteiger partial charge in [0.15, 0.2) is 9.84 Å². The van der Waals surface area contributed by atoms with Gasteiger partial charge in [-0.05, 0) is 38.5 Å². The van der Waals surface area contributed by atoms with Gasteiger partial charge in [-0.25, -0.2) is 8.42 Å². The van der Waals surface area contributed by atoms with Crippen LogP contribution in [0.15, 0.2) is 0 Å². The number of sulfone groups is 1. The summed E-state index contributed by atoms with van der Waals surface area (Å²) in [4.78, 5) is 0. The van der Waals surface area contributed by atoms with Crippen LogP contribution in [0.5, 0.6) is 0 Å². The first-order chi connectivity index (χ1) is 7.95. The molecular formula is C14H31NO2S. The van der Waals surface area contributed by atoms with Crippen LogP contribution in [0.25, 0.3) is 0 Å². The predicted octanol–water partition coefficient (Wildman–Crippen LogP) is 2.86. The first-order valence-electron chi connectivity index (χ1n) is 6.88. The normalized spacial score (nSPS) is 13.9. The van der Waals surface area contributed by atoms with E-state index in [9.17, 15) is 8.42 Å². The Bertz CT molecular complexity index is 322. The molecular weight excluding hydrogens is 246 g/mol. The van der Waals surface area contributed by atoms with Crippen molar-refractivity contribution in [2.45, 2.75) is 65.2 Å². The largest absolute Gasteiger partial charge is 0.312 e. The summed E-state index contributed by atoms with van der Waals surface area (Å²) < 4.78 is 22.6. The van der Waals surface area contributed by atoms with E-state index in [1.54, 1.807) is 13.8 Å². The molecule has 0 aliphatic carbocycles. The van der Waals surface area contributed by atoms with Gasteiger partial charge in [0.05, 0.1) is 4.75 Å². The van der Waals surface area contributed by atoms with Crippen molar-refractivity contribution in [3.63, 3.8) is 0 Å². The molecule has 4 heteroatoms. The van der Waals surface area contributed by atoms with Gasteiger partial charge in [0.1, 0.15) is 0 Å². The molecule has 0 rings (SSSR count). The zero-order valence-corrected chi connectivity index (χ0v) is 13.9. The highest BCUT2D eigenvalue weighted by Crippen LogP contribution is 2.17. The summed E-state index contributed by atoms with van der Waals surface area (Å²) >= 11 is 0. The second kappa shape index (κ2) is 6.90. The molecule has 0 unspecified atom stereocenters. The summed E-state index contributed by atoms with van der Waals surface area (Å²) in [5.74, 6) is 1.25. The Morgan fingerprint density at radius 3 is 1.67 bits per heavy atom. The summed E-state index contributed by atoms with van der Waals surface area (Å²) in [6, 6.07) is 0.408. The molecule has 0 aromatic heterocycles. The Balaban J connectivity index is 4.51. The first-order valence-corrected chi connectivity index (χ1v) is 8.78. The Morgan fingerprint density at radius 2 is 1.39 bits per heavy atom. The van der Waals surface area contributed by atoms with Crippen molar-refractivity contribution in [3.8, 4) is 0 Å². The minimum atomic E-state index is -3.02. The number of rotatable bonds is 8. The van der Waals surface area contributed by atoms with E-state index in [1.165, 1.54) is 6.26 Å². The van der Waals surface area contributed by atoms with Gasteiger partial charge in [0, 0.05) is 18.8 Å². The van der Waals surface area contributed by atoms with E-state index in [2.05, 4.69) is 33.0 Å². The molecule has 0 spiro atoms. The molecule has 0 atom stereocenters. The summed E-state index contributed by atoms with van der Waals surface area (Å²) in [6.07, 6.45) is 3.50. The molecule has 0 amide bonds. The molecule has 18 heavy (non-hydrogen) atoms. The van der Waals surface area contributed by atoms with E-state index in [0.29, 0.717) is 24.4 Å². The van der Waals surface area contributed by atoms with Gasteiger partial charge in [-0.15, -0.1) is 0 Å². The summed E-state index contributed by atoms with van der Waals surface area (Å²) in [6.45, 7) is 12.9. The second-order valence-corrected chi connectivity index (χ2v) is 9.52. The maximum absolute atomic E-state index is 11.7. The Labute approximate surface area is 114 Å². The van der Waals surface area contributed by atoms with Gasteiger partial charge in [-0.3, -0.25) is 0 Å². The van der Waals surface area contributed by atoms with E-state index in [4.69, 9.17) is 0 Å². The lowest BCUT2D eigenvalue weighted by molar-refractivity contribution is 0.349. The van der Waals surface area contributed by atoms with Gasteiger partial charge in [-0.2, -0.15) is 0 Å². The number of hydrogen-bond acceptors (Lipinski definition) is 3. The van der Waals surface area contributed by atoms with E-state index in [0.717, 1.165) is 12.8 Å². The van der Waals surface area contributed by atoms with Crippen LogP contribution >= 0.6 is 0 Å². The minimum absolute atomic E-state index is 0.408. The lowest BCUT2D eigenvalue weighted by Crippen LogP contribution is -2.46. The van der Waals surface area contributed by atoms with Gasteiger partial charge < -0.3 is 5.32 Å². The zero-order chi connectivity index (χ0) is 14.6. The van der Waals surface area contributed by atoms with Crippen LogP contribution in [0.3, 0.4) is 0 Å². The fraction of sp³-hybridized carbons (Fsp3) is 1.00. The summed E-state index contributed by atoms with van der Waals surface area (Å²) in [7, 11) is -3.02. The molecule has 0 saturated heterocycles. The van der Waals surface area contributed by atoms with Crippen molar-refractivity contribution in [1.29, 1.82) is 0 Å². The van der Waals surface area contributed by atoms with Crippen molar-refractivity contribution in [1.82, 2.24) is 5.32 Å². The van der Waals surface area contributed by atoms with E-state index in [-0.39, 0.29) is 0 Å². The molecule has 0 aromatic carbocycles. The third kappa shape index (κ3) is 6.74. The Hall–Kier alpha value is -0.0900. The minimum Gasteiger partial charge on any atom is -0.312 e. The number of hydrogen-bond donors (Lipinski definition) is 1. The molecule has 0 aliphatic heterocycles. The van der Waals surface area contributed by atoms with Crippen molar-refractivity contribution in [2.24, 2.45) is 11.8 Å². The van der Waals surface area contributed by atoms with Crippen LogP contribution in [0, 0.1) is 11.8 Å². The standard InChI is InChI=1S/C14H31NO2S/c1-11(2)8-13(9-12(3)4)15-10-14(5,6)18(7,16)17/h11-13,15H,8-10H2,1-7H3. The highest BCUT2D eigenvalue weighted by molar-refractivity contribution is 7.92. The molecule has 0 aromatic rings. The van der Waals surface area contributed by atoms with Gasteiger partial charge >= 0.3 is 0 Å². The molecule has 1 N–H and O–H groups in total. The highest BCUT2D eigenvalue weighted by Gasteiger charge is 2.30. The lowest BCUT2D eigenvalue weighted by atomic mass is 9.95. The monoisotopic (exact) mass is 277 g/mol. The van der Waals surface area contributed by atoms with Crippen LogP contribution < -0.4 is 5.32 Å². The van der Waals surface area contributed by atoms with Crippen LogP contribution in [0.1, 0.15) is 54.4 Å². The first kappa shape index (κ1) is 17.9. The van der Waals surface area contributed by atoms with Crippen molar-refractivity contribution < 1.29 is 8.42 Å². The van der Waals surface area contributed by atoms with E-state index >= 15 is 0 Å². The van der Waals surface area contributed by atoms with E-state index < -0.39 is 14.6 Å². The molecule has 0 radical (unpaired) electrons. The topological polar surface area (TPSA) is 46.2 Å². The fourth-order valence-electron chi connectivity index (χ4n) is 1.92. The summed E-state index contributed by atoms with van der Waals surface area (Å²) in [5.41, 5.74) is 0. The maximum atomic E-state index is 11.7. The van der Waals surface area contributed by atoms with Crippen LogP contribution in [0.4, 0.5) is 0 Å². The number of nitrogens with one attached hydrogen (secondary N) is 1. The average Bonchev–Trinajstić information content (AvgIpc) is 2.10. The fourth-order valence-corrected chi connectivity index (χ4v) is 2.27. The molecule has 0 heterocycles. The SMILES string of the molecule is CC(C)CC(CC(C)C)NCC(C)(C)S(C)(=O)=O. The van der Waals surface area contributed by atoms with Gasteiger partial charge in [-0.1, -0.05) is 27.7 Å². The molecule has 0 saturated carbocycles. The van der Waals surface area contributed by atoms with Gasteiger partial charge in [0.2, 0.25) is 0 Å². The molecule has 0 bridgehead atoms. The molecule has 3 nitrogen and oxygen atoms in total. The highest BCUT2D eigenvalue weighted by atomic mass is 32.2. The third-order valence-electron chi connectivity index (χ3n) is 3.33. The summed E-state index contributed by atoms with van der Waals surface area (Å²) in [5, 5.41) is 3.45. The third-order valence-corrected chi connectivity index (χ3v) is 5.48. The predicted molar refractivity (Wildman–Crippen MR) is 79.6 cm³/mol. The van der Waals surface area contributed by atoms with Crippen LogP contribution in [0.2, 0.25) is 0 Å². The second-order valence-electron chi connectivity index (χ2n) is 6.87. The van der Waals surface area contributed by atoms with Gasteiger partial charge in [0.25, 0.3) is 0 Å². The lowest BCUT2D eigenvalue weighted by Gasteiger charge is -2.28. The van der Waals surface area contributed by atoms with Crippen LogP contribution in [-0.4, -0.2) is 32.0 Å². The van der Waals surface area contributed by atoms with Crippen LogP contribution in [-0.2, 0) is 9.84 Å². The quantitative estimate of drug-likeness (QED) is 0.742. The molecule has 110 valence electrons. The van der Waals surface area contributed by atoms with E-state index in [1.807, 2.05) is 0 Å². The Kier molecular flexibility index (Phi) is 6.86. The maximum Gasteiger partial charge on any atom is 0.153 e. The average molecular weight is 277 g/mol. The van der Waals surface area contributed by atoms with Crippen molar-refractivity contribution in [2.75, 3.05) is 12.8 Å². The smallest absolute Gasteiger partial charge is 0.153 e.